The number of ether oxygens (including phenoxy) is 2. The lowest BCUT2D eigenvalue weighted by Crippen LogP contribution is -2.45. The molecule has 2 amide bonds. The van der Waals surface area contributed by atoms with Crippen molar-refractivity contribution in [2.45, 2.75) is 6.42 Å². The van der Waals surface area contributed by atoms with E-state index in [2.05, 4.69) is 5.43 Å². The molecule has 2 aromatic carbocycles. The summed E-state index contributed by atoms with van der Waals surface area (Å²) in [6.07, 6.45) is 1.48. The molecule has 3 rings (SSSR count). The van der Waals surface area contributed by atoms with E-state index in [-0.39, 0.29) is 38.3 Å². The van der Waals surface area contributed by atoms with Crippen LogP contribution in [0.4, 0.5) is 0 Å². The number of carboxylic acids is 1. The lowest BCUT2D eigenvalue weighted by molar-refractivity contribution is -0.132. The van der Waals surface area contributed by atoms with Gasteiger partial charge in [-0.05, 0) is 35.5 Å². The fourth-order valence-electron chi connectivity index (χ4n) is 2.93. The smallest absolute Gasteiger partial charge is 0.340 e. The standard InChI is InChI=1S/C21H18N2O6S2/c1-28-14-9-8-13(17(20(26)27)18(14)29-2)11-15-19(25)23(21(30)31-15)22-16(24)10-12-6-4-3-5-7-12/h3-9,11H,10H2,1-2H3,(H,22,24)(H,26,27)/b15-11+. The molecule has 0 spiro atoms. The summed E-state index contributed by atoms with van der Waals surface area (Å²) in [5, 5.41) is 10.6. The molecule has 0 radical (unpaired) electrons. The zero-order valence-corrected chi connectivity index (χ0v) is 18.2. The van der Waals surface area contributed by atoms with Crippen LogP contribution in [0.25, 0.3) is 6.08 Å². The first-order valence-corrected chi connectivity index (χ1v) is 10.2. The van der Waals surface area contributed by atoms with Crippen LogP contribution in [0.2, 0.25) is 0 Å². The van der Waals surface area contributed by atoms with E-state index < -0.39 is 17.8 Å². The van der Waals surface area contributed by atoms with Crippen LogP contribution >= 0.6 is 24.0 Å². The summed E-state index contributed by atoms with van der Waals surface area (Å²) in [4.78, 5) is 37.1. The number of thioether (sulfide) groups is 1. The Hall–Kier alpha value is -3.37. The number of benzene rings is 2. The second-order valence-corrected chi connectivity index (χ2v) is 7.96. The molecular formula is C21H18N2O6S2. The van der Waals surface area contributed by atoms with Gasteiger partial charge in [-0.3, -0.25) is 15.0 Å². The van der Waals surface area contributed by atoms with Gasteiger partial charge in [-0.2, -0.15) is 5.01 Å². The van der Waals surface area contributed by atoms with Crippen molar-refractivity contribution in [1.82, 2.24) is 10.4 Å². The van der Waals surface area contributed by atoms with Gasteiger partial charge in [0.25, 0.3) is 5.91 Å². The molecule has 8 nitrogen and oxygen atoms in total. The van der Waals surface area contributed by atoms with Gasteiger partial charge in [0.2, 0.25) is 5.91 Å². The maximum Gasteiger partial charge on any atom is 0.340 e. The Morgan fingerprint density at radius 3 is 2.48 bits per heavy atom. The fraction of sp³-hybridized carbons (Fsp3) is 0.143. The topological polar surface area (TPSA) is 105 Å². The van der Waals surface area contributed by atoms with Crippen LogP contribution in [0.3, 0.4) is 0 Å². The van der Waals surface area contributed by atoms with E-state index >= 15 is 0 Å². The second-order valence-electron chi connectivity index (χ2n) is 6.28. The number of nitrogens with zero attached hydrogens (tertiary/aromatic N) is 1. The molecule has 0 atom stereocenters. The van der Waals surface area contributed by atoms with E-state index in [0.717, 1.165) is 22.3 Å². The molecule has 2 N–H and O–H groups in total. The van der Waals surface area contributed by atoms with Gasteiger partial charge < -0.3 is 14.6 Å². The lowest BCUT2D eigenvalue weighted by Gasteiger charge is -2.15. The zero-order valence-electron chi connectivity index (χ0n) is 16.6. The molecule has 1 aliphatic rings. The number of carboxylic acid groups (broad SMARTS) is 1. The van der Waals surface area contributed by atoms with Crippen molar-refractivity contribution in [2.24, 2.45) is 0 Å². The minimum Gasteiger partial charge on any atom is -0.493 e. The van der Waals surface area contributed by atoms with Crippen molar-refractivity contribution < 1.29 is 29.0 Å². The van der Waals surface area contributed by atoms with Crippen molar-refractivity contribution in [3.8, 4) is 11.5 Å². The fourth-order valence-corrected chi connectivity index (χ4v) is 4.10. The van der Waals surface area contributed by atoms with Crippen molar-refractivity contribution in [2.75, 3.05) is 14.2 Å². The van der Waals surface area contributed by atoms with Gasteiger partial charge in [-0.1, -0.05) is 48.2 Å². The monoisotopic (exact) mass is 458 g/mol. The highest BCUT2D eigenvalue weighted by Gasteiger charge is 2.34. The zero-order chi connectivity index (χ0) is 22.5. The molecule has 0 bridgehead atoms. The molecule has 2 aromatic rings. The quantitative estimate of drug-likeness (QED) is 0.482. The third kappa shape index (κ3) is 4.86. The number of methoxy groups -OCH3 is 2. The van der Waals surface area contributed by atoms with Gasteiger partial charge in [-0.15, -0.1) is 0 Å². The Kier molecular flexibility index (Phi) is 6.93. The molecule has 1 fully saturated rings. The Bertz CT molecular complexity index is 1080. The molecule has 10 heteroatoms. The average molecular weight is 459 g/mol. The van der Waals surface area contributed by atoms with Crippen LogP contribution in [-0.2, 0) is 16.0 Å². The third-order valence-electron chi connectivity index (χ3n) is 4.32. The molecule has 0 aromatic heterocycles. The number of rotatable bonds is 7. The summed E-state index contributed by atoms with van der Waals surface area (Å²) in [6, 6.07) is 12.1. The molecule has 31 heavy (non-hydrogen) atoms. The van der Waals surface area contributed by atoms with Gasteiger partial charge >= 0.3 is 5.97 Å². The number of hydrazine groups is 1. The van der Waals surface area contributed by atoms with Gasteiger partial charge in [0, 0.05) is 0 Å². The van der Waals surface area contributed by atoms with Crippen molar-refractivity contribution in [3.63, 3.8) is 0 Å². The van der Waals surface area contributed by atoms with Gasteiger partial charge in [0.15, 0.2) is 15.8 Å². The molecular weight excluding hydrogens is 440 g/mol. The Morgan fingerprint density at radius 1 is 1.16 bits per heavy atom. The van der Waals surface area contributed by atoms with E-state index in [0.29, 0.717) is 0 Å². The highest BCUT2D eigenvalue weighted by Crippen LogP contribution is 2.37. The largest absolute Gasteiger partial charge is 0.493 e. The predicted octanol–water partition coefficient (Wildman–Crippen LogP) is 2.88. The molecule has 1 aliphatic heterocycles. The van der Waals surface area contributed by atoms with E-state index in [1.165, 1.54) is 26.4 Å². The number of hydrogen-bond donors (Lipinski definition) is 2. The van der Waals surface area contributed by atoms with E-state index in [4.69, 9.17) is 21.7 Å². The Balaban J connectivity index is 1.85. The van der Waals surface area contributed by atoms with Crippen LogP contribution in [0.15, 0.2) is 47.4 Å². The number of amides is 2. The summed E-state index contributed by atoms with van der Waals surface area (Å²) < 4.78 is 10.5. The third-order valence-corrected chi connectivity index (χ3v) is 5.62. The number of hydrogen-bond acceptors (Lipinski definition) is 7. The first kappa shape index (κ1) is 22.3. The van der Waals surface area contributed by atoms with E-state index in [1.54, 1.807) is 18.2 Å². The molecule has 0 aliphatic carbocycles. The lowest BCUT2D eigenvalue weighted by atomic mass is 10.0. The summed E-state index contributed by atoms with van der Waals surface area (Å²) in [5.41, 5.74) is 3.38. The first-order chi connectivity index (χ1) is 14.8. The highest BCUT2D eigenvalue weighted by molar-refractivity contribution is 8.26. The summed E-state index contributed by atoms with van der Waals surface area (Å²) in [7, 11) is 2.72. The minimum atomic E-state index is -1.24. The Morgan fingerprint density at radius 2 is 1.87 bits per heavy atom. The summed E-state index contributed by atoms with van der Waals surface area (Å²) >= 11 is 6.18. The van der Waals surface area contributed by atoms with Crippen molar-refractivity contribution in [3.05, 3.63) is 64.1 Å². The minimum absolute atomic E-state index is 0.0374. The van der Waals surface area contributed by atoms with Gasteiger partial charge in [0.1, 0.15) is 5.56 Å². The number of thiocarbonyl (C=S) groups is 1. The van der Waals surface area contributed by atoms with Gasteiger partial charge in [-0.25, -0.2) is 4.79 Å². The maximum atomic E-state index is 12.8. The first-order valence-electron chi connectivity index (χ1n) is 8.95. The van der Waals surface area contributed by atoms with E-state index in [9.17, 15) is 19.5 Å². The normalized spacial score (nSPS) is 14.6. The van der Waals surface area contributed by atoms with Crippen LogP contribution in [-0.4, -0.2) is 46.4 Å². The number of aromatic carboxylic acids is 1. The van der Waals surface area contributed by atoms with E-state index in [1.807, 2.05) is 18.2 Å². The van der Waals surface area contributed by atoms with Crippen molar-refractivity contribution in [1.29, 1.82) is 0 Å². The molecule has 1 saturated heterocycles. The van der Waals surface area contributed by atoms with Crippen LogP contribution < -0.4 is 14.9 Å². The average Bonchev–Trinajstić information content (AvgIpc) is 3.01. The molecule has 0 unspecified atom stereocenters. The molecule has 160 valence electrons. The van der Waals surface area contributed by atoms with Crippen LogP contribution in [0, 0.1) is 0 Å². The maximum absolute atomic E-state index is 12.8. The summed E-state index contributed by atoms with van der Waals surface area (Å²) in [5.74, 6) is -1.91. The van der Waals surface area contributed by atoms with Crippen molar-refractivity contribution >= 4 is 52.2 Å². The number of nitrogens with one attached hydrogen (secondary N) is 1. The number of carbonyl (C=O) groups is 3. The number of carbonyl (C=O) groups excluding carboxylic acids is 2. The van der Waals surface area contributed by atoms with Crippen LogP contribution in [0.5, 0.6) is 11.5 Å². The Labute approximate surface area is 187 Å². The summed E-state index contributed by atoms with van der Waals surface area (Å²) in [6.45, 7) is 0. The van der Waals surface area contributed by atoms with Crippen LogP contribution in [0.1, 0.15) is 21.5 Å². The second kappa shape index (κ2) is 9.63. The predicted molar refractivity (Wildman–Crippen MR) is 120 cm³/mol. The molecule has 1 heterocycles. The SMILES string of the molecule is COc1ccc(/C=C2/SC(=S)N(NC(=O)Cc3ccccc3)C2=O)c(C(=O)O)c1OC. The highest BCUT2D eigenvalue weighted by atomic mass is 32.2. The van der Waals surface area contributed by atoms with Gasteiger partial charge in [0.05, 0.1) is 25.5 Å². The molecule has 0 saturated carbocycles.